The van der Waals surface area contributed by atoms with Gasteiger partial charge >= 0.3 is 12.0 Å². The number of urea groups is 1. The van der Waals surface area contributed by atoms with Gasteiger partial charge in [-0.25, -0.2) is 18.0 Å². The van der Waals surface area contributed by atoms with Crippen molar-refractivity contribution in [1.82, 2.24) is 10.2 Å². The Morgan fingerprint density at radius 2 is 2.15 bits per heavy atom. The molecule has 0 aromatic carbocycles. The lowest BCUT2D eigenvalue weighted by atomic mass is 10.2. The Morgan fingerprint density at radius 3 is 2.65 bits per heavy atom. The standard InChI is InChI=1S/C11H20N2O5S2/c1-8-7-19-5-4-13(8)11(16)12-9(10(14)15)3-6-20(2,17)18/h8-9H,3-7H2,1-2H3,(H,12,16)(H,14,15). The van der Waals surface area contributed by atoms with Crippen LogP contribution >= 0.6 is 11.8 Å². The van der Waals surface area contributed by atoms with Crippen molar-refractivity contribution in [3.8, 4) is 0 Å². The van der Waals surface area contributed by atoms with Gasteiger partial charge in [-0.2, -0.15) is 11.8 Å². The molecule has 0 bridgehead atoms. The third-order valence-corrected chi connectivity index (χ3v) is 5.17. The SMILES string of the molecule is CC1CSCCN1C(=O)NC(CCS(C)(=O)=O)C(=O)O. The number of carbonyl (C=O) groups is 2. The molecule has 1 heterocycles. The Kier molecular flexibility index (Phi) is 6.12. The van der Waals surface area contributed by atoms with Crippen LogP contribution in [-0.2, 0) is 14.6 Å². The van der Waals surface area contributed by atoms with Gasteiger partial charge in [0, 0.05) is 30.3 Å². The van der Waals surface area contributed by atoms with Crippen LogP contribution in [0.5, 0.6) is 0 Å². The van der Waals surface area contributed by atoms with E-state index in [-0.39, 0.29) is 18.2 Å². The van der Waals surface area contributed by atoms with E-state index in [0.717, 1.165) is 17.8 Å². The molecule has 1 fully saturated rings. The van der Waals surface area contributed by atoms with Crippen LogP contribution in [0.25, 0.3) is 0 Å². The number of thioether (sulfide) groups is 1. The molecule has 0 aromatic rings. The Hall–Kier alpha value is -0.960. The minimum atomic E-state index is -3.26. The summed E-state index contributed by atoms with van der Waals surface area (Å²) in [7, 11) is -3.26. The second kappa shape index (κ2) is 7.16. The molecule has 1 aliphatic heterocycles. The maximum absolute atomic E-state index is 12.0. The van der Waals surface area contributed by atoms with Crippen LogP contribution in [0.1, 0.15) is 13.3 Å². The van der Waals surface area contributed by atoms with Gasteiger partial charge in [0.15, 0.2) is 0 Å². The van der Waals surface area contributed by atoms with E-state index in [1.54, 1.807) is 16.7 Å². The highest BCUT2D eigenvalue weighted by atomic mass is 32.2. The van der Waals surface area contributed by atoms with E-state index < -0.39 is 27.9 Å². The number of rotatable bonds is 5. The molecule has 0 aromatic heterocycles. The normalized spacial score (nSPS) is 21.3. The second-order valence-electron chi connectivity index (χ2n) is 4.88. The molecule has 2 unspecified atom stereocenters. The zero-order valence-electron chi connectivity index (χ0n) is 11.5. The molecule has 2 amide bonds. The first-order chi connectivity index (χ1) is 9.20. The van der Waals surface area contributed by atoms with Gasteiger partial charge in [0.05, 0.1) is 5.75 Å². The van der Waals surface area contributed by atoms with Crippen molar-refractivity contribution in [3.63, 3.8) is 0 Å². The zero-order chi connectivity index (χ0) is 15.3. The molecule has 7 nitrogen and oxygen atoms in total. The fourth-order valence-corrected chi connectivity index (χ4v) is 3.53. The first-order valence-electron chi connectivity index (χ1n) is 6.26. The Labute approximate surface area is 123 Å². The van der Waals surface area contributed by atoms with E-state index in [1.165, 1.54) is 0 Å². The zero-order valence-corrected chi connectivity index (χ0v) is 13.2. The maximum Gasteiger partial charge on any atom is 0.326 e. The third kappa shape index (κ3) is 5.58. The summed E-state index contributed by atoms with van der Waals surface area (Å²) < 4.78 is 22.2. The van der Waals surface area contributed by atoms with Crippen LogP contribution in [0.3, 0.4) is 0 Å². The summed E-state index contributed by atoms with van der Waals surface area (Å²) in [5.74, 6) is 0.143. The van der Waals surface area contributed by atoms with E-state index in [0.29, 0.717) is 6.54 Å². The molecule has 9 heteroatoms. The van der Waals surface area contributed by atoms with Gasteiger partial charge in [-0.15, -0.1) is 0 Å². The molecule has 0 saturated carbocycles. The van der Waals surface area contributed by atoms with Crippen molar-refractivity contribution < 1.29 is 23.1 Å². The average molecular weight is 324 g/mol. The van der Waals surface area contributed by atoms with Crippen LogP contribution in [0.4, 0.5) is 4.79 Å². The van der Waals surface area contributed by atoms with Gasteiger partial charge < -0.3 is 15.3 Å². The van der Waals surface area contributed by atoms with Crippen molar-refractivity contribution in [2.75, 3.05) is 30.1 Å². The number of carboxylic acid groups (broad SMARTS) is 1. The highest BCUT2D eigenvalue weighted by molar-refractivity contribution is 7.99. The average Bonchev–Trinajstić information content (AvgIpc) is 2.33. The summed E-state index contributed by atoms with van der Waals surface area (Å²) >= 11 is 1.75. The van der Waals surface area contributed by atoms with Gasteiger partial charge in [0.1, 0.15) is 15.9 Å². The smallest absolute Gasteiger partial charge is 0.326 e. The molecule has 0 radical (unpaired) electrons. The van der Waals surface area contributed by atoms with E-state index in [1.807, 2.05) is 6.92 Å². The predicted octanol–water partition coefficient (Wildman–Crippen LogP) is 0.0212. The second-order valence-corrected chi connectivity index (χ2v) is 8.29. The first kappa shape index (κ1) is 17.1. The number of carbonyl (C=O) groups excluding carboxylic acids is 1. The van der Waals surface area contributed by atoms with Crippen LogP contribution in [0.2, 0.25) is 0 Å². The van der Waals surface area contributed by atoms with E-state index in [9.17, 15) is 18.0 Å². The molecule has 116 valence electrons. The van der Waals surface area contributed by atoms with Crippen molar-refractivity contribution in [2.45, 2.75) is 25.4 Å². The highest BCUT2D eigenvalue weighted by Crippen LogP contribution is 2.16. The summed E-state index contributed by atoms with van der Waals surface area (Å²) in [5.41, 5.74) is 0. The molecule has 1 rings (SSSR count). The summed E-state index contributed by atoms with van der Waals surface area (Å²) in [6.45, 7) is 2.47. The Bertz CT molecular complexity index is 465. The van der Waals surface area contributed by atoms with Gasteiger partial charge in [-0.1, -0.05) is 0 Å². The lowest BCUT2D eigenvalue weighted by Gasteiger charge is -2.33. The summed E-state index contributed by atoms with van der Waals surface area (Å²) in [6, 6.07) is -1.59. The first-order valence-corrected chi connectivity index (χ1v) is 9.47. The number of hydrogen-bond donors (Lipinski definition) is 2. The quantitative estimate of drug-likeness (QED) is 0.739. The van der Waals surface area contributed by atoms with Gasteiger partial charge in [0.2, 0.25) is 0 Å². The van der Waals surface area contributed by atoms with Gasteiger partial charge in [-0.05, 0) is 13.3 Å². The number of carboxylic acids is 1. The summed E-state index contributed by atoms with van der Waals surface area (Å²) in [4.78, 5) is 24.7. The van der Waals surface area contributed by atoms with Crippen molar-refractivity contribution in [2.24, 2.45) is 0 Å². The highest BCUT2D eigenvalue weighted by Gasteiger charge is 2.28. The molecule has 0 aliphatic carbocycles. The minimum absolute atomic E-state index is 0.0399. The van der Waals surface area contributed by atoms with Crippen molar-refractivity contribution in [1.29, 1.82) is 0 Å². The number of sulfone groups is 1. The number of aliphatic carboxylic acids is 1. The third-order valence-electron chi connectivity index (χ3n) is 3.00. The summed E-state index contributed by atoms with van der Waals surface area (Å²) in [6.07, 6.45) is 0.911. The predicted molar refractivity (Wildman–Crippen MR) is 77.8 cm³/mol. The van der Waals surface area contributed by atoms with E-state index in [2.05, 4.69) is 5.32 Å². The maximum atomic E-state index is 12.0. The van der Waals surface area contributed by atoms with Crippen LogP contribution in [-0.4, -0.2) is 72.6 Å². The Balaban J connectivity index is 2.60. The molecular weight excluding hydrogens is 304 g/mol. The summed E-state index contributed by atoms with van der Waals surface area (Å²) in [5, 5.41) is 11.5. The van der Waals surface area contributed by atoms with Crippen LogP contribution < -0.4 is 5.32 Å². The van der Waals surface area contributed by atoms with Crippen LogP contribution in [0.15, 0.2) is 0 Å². The number of amides is 2. The number of nitrogens with zero attached hydrogens (tertiary/aromatic N) is 1. The largest absolute Gasteiger partial charge is 0.480 e. The molecule has 1 saturated heterocycles. The fourth-order valence-electron chi connectivity index (χ4n) is 1.85. The molecule has 0 spiro atoms. The molecule has 2 N–H and O–H groups in total. The number of nitrogens with one attached hydrogen (secondary N) is 1. The lowest BCUT2D eigenvalue weighted by Crippen LogP contribution is -2.53. The molecule has 1 aliphatic rings. The molecule has 2 atom stereocenters. The molecule has 20 heavy (non-hydrogen) atoms. The fraction of sp³-hybridized carbons (Fsp3) is 0.818. The molecular formula is C11H20N2O5S2. The lowest BCUT2D eigenvalue weighted by molar-refractivity contribution is -0.139. The minimum Gasteiger partial charge on any atom is -0.480 e. The van der Waals surface area contributed by atoms with E-state index in [4.69, 9.17) is 5.11 Å². The number of hydrogen-bond acceptors (Lipinski definition) is 5. The van der Waals surface area contributed by atoms with E-state index >= 15 is 0 Å². The van der Waals surface area contributed by atoms with Crippen molar-refractivity contribution >= 4 is 33.6 Å². The van der Waals surface area contributed by atoms with Crippen LogP contribution in [0, 0.1) is 0 Å². The Morgan fingerprint density at radius 1 is 1.50 bits per heavy atom. The monoisotopic (exact) mass is 324 g/mol. The van der Waals surface area contributed by atoms with Gasteiger partial charge in [0.25, 0.3) is 0 Å². The topological polar surface area (TPSA) is 104 Å². The van der Waals surface area contributed by atoms with Gasteiger partial charge in [-0.3, -0.25) is 0 Å². The van der Waals surface area contributed by atoms with Crippen molar-refractivity contribution in [3.05, 3.63) is 0 Å².